The van der Waals surface area contributed by atoms with E-state index in [0.29, 0.717) is 12.2 Å². The van der Waals surface area contributed by atoms with Crippen LogP contribution in [0.4, 0.5) is 0 Å². The first-order chi connectivity index (χ1) is 6.31. The van der Waals surface area contributed by atoms with Gasteiger partial charge < -0.3 is 9.84 Å². The normalized spacial score (nSPS) is 9.31. The van der Waals surface area contributed by atoms with Gasteiger partial charge in [-0.3, -0.25) is 0 Å². The van der Waals surface area contributed by atoms with E-state index in [1.807, 2.05) is 6.07 Å². The quantitative estimate of drug-likeness (QED) is 0.756. The first-order valence-corrected chi connectivity index (χ1v) is 3.95. The molecule has 1 N–H and O–H groups in total. The van der Waals surface area contributed by atoms with Crippen LogP contribution in [-0.4, -0.2) is 12.2 Å². The second-order valence-electron chi connectivity index (χ2n) is 2.64. The van der Waals surface area contributed by atoms with Crippen LogP contribution < -0.4 is 4.74 Å². The Morgan fingerprint density at radius 2 is 2.31 bits per heavy atom. The minimum Gasteiger partial charge on any atom is -0.496 e. The van der Waals surface area contributed by atoms with Crippen LogP contribution in [0.2, 0.25) is 0 Å². The molecule has 1 aromatic rings. The van der Waals surface area contributed by atoms with Crippen molar-refractivity contribution in [1.29, 1.82) is 5.26 Å². The van der Waals surface area contributed by atoms with Gasteiger partial charge >= 0.3 is 0 Å². The van der Waals surface area contributed by atoms with Crippen molar-refractivity contribution in [2.45, 2.75) is 13.0 Å². The van der Waals surface area contributed by atoms with Gasteiger partial charge in [0.2, 0.25) is 0 Å². The summed E-state index contributed by atoms with van der Waals surface area (Å²) < 4.78 is 5.03. The predicted octanol–water partition coefficient (Wildman–Crippen LogP) is 1.25. The zero-order valence-electron chi connectivity index (χ0n) is 7.45. The standard InChI is InChI=1S/C10H11NO2/c1-13-10-3-2-8(4-5-11)6-9(10)7-12/h2-3,6,12H,4,7H2,1H3. The van der Waals surface area contributed by atoms with E-state index in [2.05, 4.69) is 6.07 Å². The lowest BCUT2D eigenvalue weighted by molar-refractivity contribution is 0.273. The molecule has 3 heteroatoms. The molecule has 1 rings (SSSR count). The molecule has 0 aliphatic heterocycles. The number of aliphatic hydroxyl groups is 1. The van der Waals surface area contributed by atoms with Gasteiger partial charge in [0.25, 0.3) is 0 Å². The van der Waals surface area contributed by atoms with Crippen molar-refractivity contribution in [3.05, 3.63) is 29.3 Å². The Balaban J connectivity index is 3.00. The molecule has 0 unspecified atom stereocenters. The van der Waals surface area contributed by atoms with Crippen LogP contribution >= 0.6 is 0 Å². The number of rotatable bonds is 3. The number of hydrogen-bond acceptors (Lipinski definition) is 3. The van der Waals surface area contributed by atoms with Crippen molar-refractivity contribution in [1.82, 2.24) is 0 Å². The van der Waals surface area contributed by atoms with Crippen LogP contribution in [0.3, 0.4) is 0 Å². The summed E-state index contributed by atoms with van der Waals surface area (Å²) in [6.07, 6.45) is 0.358. The van der Waals surface area contributed by atoms with Crippen molar-refractivity contribution in [2.75, 3.05) is 7.11 Å². The molecule has 0 fully saturated rings. The maximum absolute atomic E-state index is 8.98. The predicted molar refractivity (Wildman–Crippen MR) is 48.2 cm³/mol. The van der Waals surface area contributed by atoms with Crippen LogP contribution in [0.25, 0.3) is 0 Å². The lowest BCUT2D eigenvalue weighted by atomic mass is 10.1. The minimum absolute atomic E-state index is 0.0670. The molecule has 0 bridgehead atoms. The summed E-state index contributed by atoms with van der Waals surface area (Å²) in [5, 5.41) is 17.4. The highest BCUT2D eigenvalue weighted by molar-refractivity contribution is 5.37. The van der Waals surface area contributed by atoms with Crippen LogP contribution in [0.1, 0.15) is 11.1 Å². The Morgan fingerprint density at radius 1 is 1.54 bits per heavy atom. The molecule has 0 saturated carbocycles. The van der Waals surface area contributed by atoms with Gasteiger partial charge in [-0.2, -0.15) is 5.26 Å². The second kappa shape index (κ2) is 4.48. The first kappa shape index (κ1) is 9.56. The molecular weight excluding hydrogens is 166 g/mol. The van der Waals surface area contributed by atoms with Gasteiger partial charge in [0.1, 0.15) is 5.75 Å². The number of nitrogens with zero attached hydrogens (tertiary/aromatic N) is 1. The zero-order chi connectivity index (χ0) is 9.68. The number of aliphatic hydroxyl groups excluding tert-OH is 1. The van der Waals surface area contributed by atoms with Gasteiger partial charge in [0.15, 0.2) is 0 Å². The van der Waals surface area contributed by atoms with Crippen molar-refractivity contribution in [3.63, 3.8) is 0 Å². The monoisotopic (exact) mass is 177 g/mol. The molecule has 0 aliphatic rings. The number of nitriles is 1. The first-order valence-electron chi connectivity index (χ1n) is 3.95. The van der Waals surface area contributed by atoms with Gasteiger partial charge in [0, 0.05) is 5.56 Å². The smallest absolute Gasteiger partial charge is 0.124 e. The zero-order valence-corrected chi connectivity index (χ0v) is 7.45. The summed E-state index contributed by atoms with van der Waals surface area (Å²) in [5.41, 5.74) is 1.61. The summed E-state index contributed by atoms with van der Waals surface area (Å²) >= 11 is 0. The van der Waals surface area contributed by atoms with E-state index in [4.69, 9.17) is 15.1 Å². The molecule has 0 amide bonds. The average Bonchev–Trinajstić information content (AvgIpc) is 2.18. The number of ether oxygens (including phenoxy) is 1. The second-order valence-corrected chi connectivity index (χ2v) is 2.64. The molecule has 0 aromatic heterocycles. The largest absolute Gasteiger partial charge is 0.496 e. The third-order valence-electron chi connectivity index (χ3n) is 1.80. The maximum Gasteiger partial charge on any atom is 0.124 e. The van der Waals surface area contributed by atoms with Crippen molar-refractivity contribution >= 4 is 0 Å². The number of methoxy groups -OCH3 is 1. The highest BCUT2D eigenvalue weighted by atomic mass is 16.5. The molecule has 0 radical (unpaired) electrons. The van der Waals surface area contributed by atoms with E-state index >= 15 is 0 Å². The van der Waals surface area contributed by atoms with Crippen LogP contribution in [0, 0.1) is 11.3 Å². The molecule has 0 spiro atoms. The highest BCUT2D eigenvalue weighted by Gasteiger charge is 2.02. The molecule has 3 nitrogen and oxygen atoms in total. The van der Waals surface area contributed by atoms with Crippen molar-refractivity contribution in [2.24, 2.45) is 0 Å². The lowest BCUT2D eigenvalue weighted by Gasteiger charge is -2.06. The average molecular weight is 177 g/mol. The van der Waals surface area contributed by atoms with Gasteiger partial charge in [0.05, 0.1) is 26.2 Å². The number of hydrogen-bond donors (Lipinski definition) is 1. The summed E-state index contributed by atoms with van der Waals surface area (Å²) in [6, 6.07) is 7.41. The van der Waals surface area contributed by atoms with Gasteiger partial charge in [-0.1, -0.05) is 6.07 Å². The van der Waals surface area contributed by atoms with E-state index in [1.165, 1.54) is 0 Å². The summed E-state index contributed by atoms with van der Waals surface area (Å²) in [6.45, 7) is -0.0670. The van der Waals surface area contributed by atoms with E-state index in [1.54, 1.807) is 19.2 Å². The highest BCUT2D eigenvalue weighted by Crippen LogP contribution is 2.19. The van der Waals surface area contributed by atoms with Gasteiger partial charge in [-0.05, 0) is 17.7 Å². The third-order valence-corrected chi connectivity index (χ3v) is 1.80. The fraction of sp³-hybridized carbons (Fsp3) is 0.300. The van der Waals surface area contributed by atoms with E-state index < -0.39 is 0 Å². The molecule has 13 heavy (non-hydrogen) atoms. The Hall–Kier alpha value is -1.53. The molecular formula is C10H11NO2. The minimum atomic E-state index is -0.0670. The number of benzene rings is 1. The van der Waals surface area contributed by atoms with E-state index in [9.17, 15) is 0 Å². The molecule has 0 heterocycles. The van der Waals surface area contributed by atoms with Crippen LogP contribution in [0.5, 0.6) is 5.75 Å². The summed E-state index contributed by atoms with van der Waals surface area (Å²) in [5.74, 6) is 0.657. The Morgan fingerprint density at radius 3 is 2.85 bits per heavy atom. The fourth-order valence-corrected chi connectivity index (χ4v) is 1.16. The molecule has 0 saturated heterocycles. The van der Waals surface area contributed by atoms with Gasteiger partial charge in [-0.15, -0.1) is 0 Å². The third kappa shape index (κ3) is 2.20. The van der Waals surface area contributed by atoms with Gasteiger partial charge in [-0.25, -0.2) is 0 Å². The Bertz CT molecular complexity index is 328. The van der Waals surface area contributed by atoms with Crippen LogP contribution in [0.15, 0.2) is 18.2 Å². The molecule has 1 aromatic carbocycles. The van der Waals surface area contributed by atoms with Crippen molar-refractivity contribution in [3.8, 4) is 11.8 Å². The Labute approximate surface area is 77.2 Å². The topological polar surface area (TPSA) is 53.2 Å². The summed E-state index contributed by atoms with van der Waals surface area (Å²) in [4.78, 5) is 0. The summed E-state index contributed by atoms with van der Waals surface area (Å²) in [7, 11) is 1.55. The van der Waals surface area contributed by atoms with Crippen molar-refractivity contribution < 1.29 is 9.84 Å². The van der Waals surface area contributed by atoms with E-state index in [0.717, 1.165) is 11.1 Å². The fourth-order valence-electron chi connectivity index (χ4n) is 1.16. The lowest BCUT2D eigenvalue weighted by Crippen LogP contribution is -1.93. The SMILES string of the molecule is COc1ccc(CC#N)cc1CO. The maximum atomic E-state index is 8.98. The molecule has 0 atom stereocenters. The molecule has 0 aliphatic carbocycles. The van der Waals surface area contributed by atoms with Crippen LogP contribution in [-0.2, 0) is 13.0 Å². The molecule has 68 valence electrons. The Kier molecular flexibility index (Phi) is 3.30. The van der Waals surface area contributed by atoms with E-state index in [-0.39, 0.29) is 6.61 Å².